The lowest BCUT2D eigenvalue weighted by atomic mass is 10.1. The van der Waals surface area contributed by atoms with E-state index in [0.717, 1.165) is 5.69 Å². The summed E-state index contributed by atoms with van der Waals surface area (Å²) in [6.45, 7) is 1.32. The van der Waals surface area contributed by atoms with E-state index in [2.05, 4.69) is 27.3 Å². The summed E-state index contributed by atoms with van der Waals surface area (Å²) in [4.78, 5) is 11.3. The number of nitriles is 1. The summed E-state index contributed by atoms with van der Waals surface area (Å²) in [6.07, 6.45) is 0. The highest BCUT2D eigenvalue weighted by Crippen LogP contribution is 2.37. The molecule has 2 aromatic rings. The fourth-order valence-electron chi connectivity index (χ4n) is 2.39. The first kappa shape index (κ1) is 21.0. The summed E-state index contributed by atoms with van der Waals surface area (Å²) in [5.41, 5.74) is 1.93. The summed E-state index contributed by atoms with van der Waals surface area (Å²) < 4.78 is 11.5. The van der Waals surface area contributed by atoms with Crippen LogP contribution in [-0.2, 0) is 9.53 Å². The molecule has 1 unspecified atom stereocenters. The van der Waals surface area contributed by atoms with Gasteiger partial charge >= 0.3 is 5.97 Å². The van der Waals surface area contributed by atoms with E-state index in [1.807, 2.05) is 0 Å². The average molecular weight is 454 g/mol. The Bertz CT molecular complexity index is 837. The second kappa shape index (κ2) is 10.2. The number of carbonyl (C=O) groups is 1. The number of hydrogen-bond acceptors (Lipinski definition) is 6. The number of nitrogens with one attached hydrogen (secondary N) is 1. The number of hydrogen-bond donors (Lipinski definition) is 2. The largest absolute Gasteiger partial charge is 0.490 e. The van der Waals surface area contributed by atoms with Gasteiger partial charge in [-0.1, -0.05) is 11.6 Å². The van der Waals surface area contributed by atoms with Crippen LogP contribution in [0.3, 0.4) is 0 Å². The Morgan fingerprint density at radius 1 is 1.37 bits per heavy atom. The van der Waals surface area contributed by atoms with Crippen LogP contribution in [0, 0.1) is 11.3 Å². The molecule has 2 rings (SSSR count). The van der Waals surface area contributed by atoms with Crippen LogP contribution in [-0.4, -0.2) is 30.9 Å². The number of nitrogens with zero attached hydrogens (tertiary/aromatic N) is 1. The lowest BCUT2D eigenvalue weighted by molar-refractivity contribution is -0.141. The van der Waals surface area contributed by atoms with Crippen LogP contribution in [0.15, 0.2) is 40.9 Å². The number of ether oxygens (including phenoxy) is 2. The Hall–Kier alpha value is -2.27. The van der Waals surface area contributed by atoms with E-state index < -0.39 is 12.0 Å². The highest BCUT2D eigenvalue weighted by atomic mass is 79.9. The van der Waals surface area contributed by atoms with Crippen LogP contribution < -0.4 is 10.1 Å². The summed E-state index contributed by atoms with van der Waals surface area (Å²) in [7, 11) is 0. The molecule has 0 saturated carbocycles. The summed E-state index contributed by atoms with van der Waals surface area (Å²) in [6, 6.07) is 11.9. The fraction of sp³-hybridized carbons (Fsp3) is 0.263. The third-order valence-corrected chi connectivity index (χ3v) is 4.37. The third kappa shape index (κ3) is 6.14. The van der Waals surface area contributed by atoms with Crippen molar-refractivity contribution in [2.75, 3.05) is 25.1 Å². The van der Waals surface area contributed by atoms with Crippen molar-refractivity contribution in [1.82, 2.24) is 0 Å². The Kier molecular flexibility index (Phi) is 7.92. The molecule has 0 amide bonds. The molecule has 0 bridgehead atoms. The van der Waals surface area contributed by atoms with Gasteiger partial charge in [0.25, 0.3) is 0 Å². The lowest BCUT2D eigenvalue weighted by Crippen LogP contribution is -2.20. The van der Waals surface area contributed by atoms with Gasteiger partial charge in [-0.05, 0) is 52.3 Å². The van der Waals surface area contributed by atoms with E-state index >= 15 is 0 Å². The highest BCUT2D eigenvalue weighted by molar-refractivity contribution is 9.10. The predicted octanol–water partition coefficient (Wildman–Crippen LogP) is 4.06. The first-order valence-electron chi connectivity index (χ1n) is 8.07. The van der Waals surface area contributed by atoms with E-state index in [9.17, 15) is 4.79 Å². The van der Waals surface area contributed by atoms with Gasteiger partial charge in [-0.25, -0.2) is 0 Å². The second-order valence-corrected chi connectivity index (χ2v) is 6.86. The Morgan fingerprint density at radius 3 is 2.67 bits per heavy atom. The molecule has 0 aliphatic carbocycles. The highest BCUT2D eigenvalue weighted by Gasteiger charge is 2.21. The van der Waals surface area contributed by atoms with Crippen LogP contribution in [0.2, 0.25) is 5.02 Å². The zero-order valence-electron chi connectivity index (χ0n) is 14.5. The van der Waals surface area contributed by atoms with E-state index in [1.165, 1.54) is 6.92 Å². The Morgan fingerprint density at radius 2 is 2.07 bits per heavy atom. The Balaban J connectivity index is 2.39. The molecule has 0 aromatic heterocycles. The minimum absolute atomic E-state index is 0.0393. The molecular weight excluding hydrogens is 436 g/mol. The zero-order chi connectivity index (χ0) is 19.8. The van der Waals surface area contributed by atoms with Crippen molar-refractivity contribution in [3.63, 3.8) is 0 Å². The molecule has 0 spiro atoms. The number of anilines is 1. The molecule has 0 fully saturated rings. The molecule has 0 aliphatic heterocycles. The number of carbonyl (C=O) groups excluding carboxylic acids is 1. The van der Waals surface area contributed by atoms with Crippen LogP contribution in [0.4, 0.5) is 5.69 Å². The van der Waals surface area contributed by atoms with Crippen molar-refractivity contribution in [3.05, 3.63) is 57.0 Å². The van der Waals surface area contributed by atoms with Gasteiger partial charge < -0.3 is 19.9 Å². The number of aliphatic hydroxyl groups is 1. The lowest BCUT2D eigenvalue weighted by Gasteiger charge is -2.23. The molecule has 0 radical (unpaired) electrons. The van der Waals surface area contributed by atoms with Crippen LogP contribution in [0.1, 0.15) is 24.1 Å². The standard InChI is InChI=1S/C19H18BrClN2O4/c1-12(25)27-11-18(23-15-4-2-13(10-22)3-5-15)16-8-14(21)9-17(20)19(16)26-7-6-24/h2-5,8-9,18,23-24H,6-7,11H2,1H3. The molecule has 2 aromatic carbocycles. The first-order valence-corrected chi connectivity index (χ1v) is 9.24. The number of esters is 1. The third-order valence-electron chi connectivity index (χ3n) is 3.56. The van der Waals surface area contributed by atoms with Crippen molar-refractivity contribution in [2.45, 2.75) is 13.0 Å². The maximum Gasteiger partial charge on any atom is 0.302 e. The SMILES string of the molecule is CC(=O)OCC(Nc1ccc(C#N)cc1)c1cc(Cl)cc(Br)c1OCCO. The minimum Gasteiger partial charge on any atom is -0.490 e. The van der Waals surface area contributed by atoms with Gasteiger partial charge in [0.1, 0.15) is 19.0 Å². The van der Waals surface area contributed by atoms with Gasteiger partial charge in [0.2, 0.25) is 0 Å². The monoisotopic (exact) mass is 452 g/mol. The van der Waals surface area contributed by atoms with E-state index in [4.69, 9.17) is 31.4 Å². The number of rotatable bonds is 8. The summed E-state index contributed by atoms with van der Waals surface area (Å²) in [5, 5.41) is 21.8. The molecule has 8 heteroatoms. The first-order chi connectivity index (χ1) is 12.9. The molecular formula is C19H18BrClN2O4. The maximum atomic E-state index is 11.3. The molecule has 0 heterocycles. The second-order valence-electron chi connectivity index (χ2n) is 5.57. The quantitative estimate of drug-likeness (QED) is 0.586. The average Bonchev–Trinajstić information content (AvgIpc) is 2.64. The molecule has 1 atom stereocenters. The normalized spacial score (nSPS) is 11.4. The fourth-order valence-corrected chi connectivity index (χ4v) is 3.34. The maximum absolute atomic E-state index is 11.3. The molecule has 0 saturated heterocycles. The van der Waals surface area contributed by atoms with Gasteiger partial charge in [-0.3, -0.25) is 4.79 Å². The van der Waals surface area contributed by atoms with Crippen molar-refractivity contribution in [3.8, 4) is 11.8 Å². The number of halogens is 2. The van der Waals surface area contributed by atoms with Crippen molar-refractivity contribution in [1.29, 1.82) is 5.26 Å². The smallest absolute Gasteiger partial charge is 0.302 e. The predicted molar refractivity (Wildman–Crippen MR) is 106 cm³/mol. The van der Waals surface area contributed by atoms with Crippen molar-refractivity contribution >= 4 is 39.2 Å². The molecule has 2 N–H and O–H groups in total. The van der Waals surface area contributed by atoms with Gasteiger partial charge in [0, 0.05) is 23.2 Å². The van der Waals surface area contributed by atoms with Crippen molar-refractivity contribution < 1.29 is 19.4 Å². The van der Waals surface area contributed by atoms with E-state index in [0.29, 0.717) is 26.4 Å². The van der Waals surface area contributed by atoms with Gasteiger partial charge in [-0.2, -0.15) is 5.26 Å². The molecule has 0 aliphatic rings. The van der Waals surface area contributed by atoms with Crippen molar-refractivity contribution in [2.24, 2.45) is 0 Å². The minimum atomic E-state index is -0.467. The van der Waals surface area contributed by atoms with E-state index in [-0.39, 0.29) is 19.8 Å². The van der Waals surface area contributed by atoms with Crippen LogP contribution in [0.25, 0.3) is 0 Å². The molecule has 142 valence electrons. The molecule has 27 heavy (non-hydrogen) atoms. The van der Waals surface area contributed by atoms with Gasteiger partial charge in [0.05, 0.1) is 28.8 Å². The molecule has 6 nitrogen and oxygen atoms in total. The zero-order valence-corrected chi connectivity index (χ0v) is 16.9. The van der Waals surface area contributed by atoms with Crippen LogP contribution >= 0.6 is 27.5 Å². The number of benzene rings is 2. The summed E-state index contributed by atoms with van der Waals surface area (Å²) in [5.74, 6) is 0.0762. The van der Waals surface area contributed by atoms with E-state index in [1.54, 1.807) is 36.4 Å². The summed E-state index contributed by atoms with van der Waals surface area (Å²) >= 11 is 9.62. The Labute approximate surface area is 170 Å². The topological polar surface area (TPSA) is 91.6 Å². The number of aliphatic hydroxyl groups excluding tert-OH is 1. The van der Waals surface area contributed by atoms with Gasteiger partial charge in [-0.15, -0.1) is 0 Å². The van der Waals surface area contributed by atoms with Gasteiger partial charge in [0.15, 0.2) is 0 Å². The van der Waals surface area contributed by atoms with Crippen LogP contribution in [0.5, 0.6) is 5.75 Å².